The van der Waals surface area contributed by atoms with Crippen molar-refractivity contribution < 1.29 is 19.4 Å². The Morgan fingerprint density at radius 2 is 2.09 bits per heavy atom. The lowest BCUT2D eigenvalue weighted by molar-refractivity contribution is 0.0715. The first-order valence-electron chi connectivity index (χ1n) is 3.01. The maximum Gasteiger partial charge on any atom is 0.508 e. The predicted octanol–water partition coefficient (Wildman–Crippen LogP) is 1.40. The Kier molecular flexibility index (Phi) is 5.79. The van der Waals surface area contributed by atoms with Crippen molar-refractivity contribution >= 4 is 6.16 Å². The summed E-state index contributed by atoms with van der Waals surface area (Å²) in [6.07, 6.45) is 2.72. The molecule has 0 amide bonds. The zero-order valence-electron chi connectivity index (χ0n) is 6.03. The van der Waals surface area contributed by atoms with Gasteiger partial charge in [-0.1, -0.05) is 12.7 Å². The fourth-order valence-corrected chi connectivity index (χ4v) is 0.328. The van der Waals surface area contributed by atoms with Gasteiger partial charge < -0.3 is 14.6 Å². The fourth-order valence-electron chi connectivity index (χ4n) is 0.328. The molecule has 0 saturated carbocycles. The minimum Gasteiger partial charge on any atom is -0.516 e. The Bertz CT molecular complexity index is 151. The molecule has 62 valence electrons. The van der Waals surface area contributed by atoms with Gasteiger partial charge in [0.15, 0.2) is 0 Å². The molecule has 0 spiro atoms. The summed E-state index contributed by atoms with van der Waals surface area (Å²) in [7, 11) is 0. The summed E-state index contributed by atoms with van der Waals surface area (Å²) in [6.45, 7) is 3.48. The molecule has 0 heterocycles. The van der Waals surface area contributed by atoms with Crippen LogP contribution in [0.1, 0.15) is 0 Å². The second kappa shape index (κ2) is 6.67. The van der Waals surface area contributed by atoms with Gasteiger partial charge in [0.2, 0.25) is 0 Å². The Morgan fingerprint density at radius 3 is 2.64 bits per heavy atom. The van der Waals surface area contributed by atoms with Crippen molar-refractivity contribution in [3.8, 4) is 0 Å². The molecule has 0 unspecified atom stereocenters. The molecule has 0 rings (SSSR count). The average Bonchev–Trinajstić information content (AvgIpc) is 2.01. The monoisotopic (exact) mass is 158 g/mol. The first-order valence-corrected chi connectivity index (χ1v) is 3.01. The van der Waals surface area contributed by atoms with Crippen LogP contribution in [0.15, 0.2) is 25.0 Å². The number of carbonyl (C=O) groups excluding carboxylic acids is 1. The third-order valence-electron chi connectivity index (χ3n) is 0.722. The molecule has 4 heteroatoms. The van der Waals surface area contributed by atoms with Crippen LogP contribution >= 0.6 is 0 Å². The quantitative estimate of drug-likeness (QED) is 0.381. The number of aliphatic hydroxyl groups is 1. The molecule has 0 radical (unpaired) electrons. The highest BCUT2D eigenvalue weighted by Crippen LogP contribution is 1.85. The normalized spacial score (nSPS) is 9.45. The Balaban J connectivity index is 3.29. The molecular weight excluding hydrogens is 148 g/mol. The standard InChI is InChI=1S/C7H10O4/c1-2-5-10-7(9)11-6-3-4-8/h2-4,8H,1,5-6H2. The zero-order valence-corrected chi connectivity index (χ0v) is 6.03. The van der Waals surface area contributed by atoms with Gasteiger partial charge in [-0.2, -0.15) is 0 Å². The molecule has 4 nitrogen and oxygen atoms in total. The van der Waals surface area contributed by atoms with Crippen LogP contribution in [0.5, 0.6) is 0 Å². The fraction of sp³-hybridized carbons (Fsp3) is 0.286. The van der Waals surface area contributed by atoms with Gasteiger partial charge in [0.1, 0.15) is 13.2 Å². The molecule has 0 aliphatic heterocycles. The van der Waals surface area contributed by atoms with Crippen molar-refractivity contribution in [1.82, 2.24) is 0 Å². The summed E-state index contributed by atoms with van der Waals surface area (Å²) in [5.41, 5.74) is 0. The van der Waals surface area contributed by atoms with Crippen molar-refractivity contribution in [2.24, 2.45) is 0 Å². The van der Waals surface area contributed by atoms with Gasteiger partial charge in [-0.05, 0) is 6.08 Å². The summed E-state index contributed by atoms with van der Waals surface area (Å²) in [5, 5.41) is 8.13. The van der Waals surface area contributed by atoms with E-state index in [4.69, 9.17) is 5.11 Å². The molecule has 0 aromatic rings. The second-order valence-corrected chi connectivity index (χ2v) is 1.55. The number of rotatable bonds is 4. The van der Waals surface area contributed by atoms with Crippen LogP contribution in [0.2, 0.25) is 0 Å². The predicted molar refractivity (Wildman–Crippen MR) is 39.3 cm³/mol. The van der Waals surface area contributed by atoms with Crippen molar-refractivity contribution in [2.45, 2.75) is 0 Å². The third-order valence-corrected chi connectivity index (χ3v) is 0.722. The molecule has 0 saturated heterocycles. The van der Waals surface area contributed by atoms with Crippen LogP contribution < -0.4 is 0 Å². The smallest absolute Gasteiger partial charge is 0.508 e. The largest absolute Gasteiger partial charge is 0.516 e. The van der Waals surface area contributed by atoms with E-state index < -0.39 is 6.16 Å². The van der Waals surface area contributed by atoms with Crippen molar-refractivity contribution in [1.29, 1.82) is 0 Å². The SMILES string of the molecule is C=CCOC(=O)OCC=CO. The number of hydrogen-bond acceptors (Lipinski definition) is 4. The van der Waals surface area contributed by atoms with E-state index >= 15 is 0 Å². The van der Waals surface area contributed by atoms with Crippen LogP contribution in [0, 0.1) is 0 Å². The lowest BCUT2D eigenvalue weighted by atomic mass is 10.7. The summed E-state index contributed by atoms with van der Waals surface area (Å²) in [5.74, 6) is 0. The molecule has 0 bridgehead atoms. The highest BCUT2D eigenvalue weighted by molar-refractivity contribution is 5.60. The third kappa shape index (κ3) is 6.44. The molecule has 0 aromatic carbocycles. The zero-order chi connectivity index (χ0) is 8.53. The van der Waals surface area contributed by atoms with Gasteiger partial charge >= 0.3 is 6.16 Å². The Labute approximate surface area is 64.7 Å². The number of ether oxygens (including phenoxy) is 2. The van der Waals surface area contributed by atoms with E-state index in [9.17, 15) is 4.79 Å². The molecule has 11 heavy (non-hydrogen) atoms. The molecular formula is C7H10O4. The Hall–Kier alpha value is -1.45. The van der Waals surface area contributed by atoms with Gasteiger partial charge in [-0.3, -0.25) is 0 Å². The minimum absolute atomic E-state index is 0.00642. The van der Waals surface area contributed by atoms with E-state index in [1.807, 2.05) is 0 Å². The molecule has 0 fully saturated rings. The van der Waals surface area contributed by atoms with E-state index in [2.05, 4.69) is 16.1 Å². The minimum atomic E-state index is -0.775. The highest BCUT2D eigenvalue weighted by atomic mass is 16.7. The van der Waals surface area contributed by atoms with E-state index in [0.717, 1.165) is 6.26 Å². The van der Waals surface area contributed by atoms with E-state index in [-0.39, 0.29) is 13.2 Å². The van der Waals surface area contributed by atoms with Crippen molar-refractivity contribution in [3.05, 3.63) is 25.0 Å². The average molecular weight is 158 g/mol. The molecule has 1 N–H and O–H groups in total. The van der Waals surface area contributed by atoms with E-state index in [0.29, 0.717) is 0 Å². The van der Waals surface area contributed by atoms with Gasteiger partial charge in [-0.25, -0.2) is 4.79 Å². The maximum absolute atomic E-state index is 10.5. The van der Waals surface area contributed by atoms with Gasteiger partial charge in [-0.15, -0.1) is 0 Å². The Morgan fingerprint density at radius 1 is 1.45 bits per heavy atom. The summed E-state index contributed by atoms with van der Waals surface area (Å²) >= 11 is 0. The first kappa shape index (κ1) is 9.55. The molecule has 0 aromatic heterocycles. The lowest BCUT2D eigenvalue weighted by Crippen LogP contribution is -2.06. The lowest BCUT2D eigenvalue weighted by Gasteiger charge is -1.99. The van der Waals surface area contributed by atoms with Gasteiger partial charge in [0, 0.05) is 0 Å². The summed E-state index contributed by atoms with van der Waals surface area (Å²) in [4.78, 5) is 10.5. The number of aliphatic hydroxyl groups excluding tert-OH is 1. The van der Waals surface area contributed by atoms with E-state index in [1.165, 1.54) is 12.2 Å². The number of carbonyl (C=O) groups is 1. The highest BCUT2D eigenvalue weighted by Gasteiger charge is 1.98. The van der Waals surface area contributed by atoms with Crippen LogP contribution in [0.4, 0.5) is 4.79 Å². The summed E-state index contributed by atoms with van der Waals surface area (Å²) in [6, 6.07) is 0. The summed E-state index contributed by atoms with van der Waals surface area (Å²) < 4.78 is 8.87. The first-order chi connectivity index (χ1) is 5.31. The van der Waals surface area contributed by atoms with Crippen LogP contribution in [0.3, 0.4) is 0 Å². The van der Waals surface area contributed by atoms with Gasteiger partial charge in [0.25, 0.3) is 0 Å². The maximum atomic E-state index is 10.5. The molecule has 0 aliphatic carbocycles. The van der Waals surface area contributed by atoms with Crippen molar-refractivity contribution in [2.75, 3.05) is 13.2 Å². The van der Waals surface area contributed by atoms with Crippen LogP contribution in [0.25, 0.3) is 0 Å². The topological polar surface area (TPSA) is 55.8 Å². The van der Waals surface area contributed by atoms with Crippen LogP contribution in [-0.2, 0) is 9.47 Å². The molecule has 0 atom stereocenters. The second-order valence-electron chi connectivity index (χ2n) is 1.55. The van der Waals surface area contributed by atoms with Crippen molar-refractivity contribution in [3.63, 3.8) is 0 Å². The molecule has 0 aliphatic rings. The van der Waals surface area contributed by atoms with Gasteiger partial charge in [0.05, 0.1) is 6.26 Å². The number of hydrogen-bond donors (Lipinski definition) is 1. The van der Waals surface area contributed by atoms with E-state index in [1.54, 1.807) is 0 Å². The van der Waals surface area contributed by atoms with Crippen LogP contribution in [-0.4, -0.2) is 24.5 Å².